The van der Waals surface area contributed by atoms with Crippen molar-refractivity contribution in [2.45, 2.75) is 19.8 Å². The molecule has 33 heavy (non-hydrogen) atoms. The monoisotopic (exact) mass is 460 g/mol. The van der Waals surface area contributed by atoms with Crippen LogP contribution >= 0.6 is 11.6 Å². The molecule has 1 aliphatic heterocycles. The maximum atomic E-state index is 12.4. The summed E-state index contributed by atoms with van der Waals surface area (Å²) in [6.07, 6.45) is 0. The van der Waals surface area contributed by atoms with Crippen LogP contribution < -0.4 is 19.9 Å². The molecule has 0 saturated carbocycles. The second-order valence-corrected chi connectivity index (χ2v) is 8.10. The van der Waals surface area contributed by atoms with Gasteiger partial charge in [0.05, 0.1) is 5.92 Å². The van der Waals surface area contributed by atoms with E-state index in [0.29, 0.717) is 22.1 Å². The van der Waals surface area contributed by atoms with Crippen LogP contribution in [-0.2, 0) is 4.79 Å². The Hall–Kier alpha value is -3.95. The van der Waals surface area contributed by atoms with Gasteiger partial charge in [-0.25, -0.2) is 4.79 Å². The van der Waals surface area contributed by atoms with Gasteiger partial charge in [0.25, 0.3) is 0 Å². The number of rotatable bonds is 5. The van der Waals surface area contributed by atoms with Crippen molar-refractivity contribution in [1.82, 2.24) is 0 Å². The third-order valence-electron chi connectivity index (χ3n) is 5.37. The minimum Gasteiger partial charge on any atom is -0.481 e. The smallest absolute Gasteiger partial charge is 0.349 e. The van der Waals surface area contributed by atoms with Gasteiger partial charge in [-0.2, -0.15) is 5.26 Å². The lowest BCUT2D eigenvalue weighted by molar-refractivity contribution is -0.136. The van der Waals surface area contributed by atoms with Crippen LogP contribution in [0.1, 0.15) is 28.2 Å². The number of halogens is 1. The number of nitriles is 1. The number of benzene rings is 3. The molecule has 1 aliphatic rings. The number of hydrogen-bond acceptors (Lipinski definition) is 6. The first-order valence-electron chi connectivity index (χ1n) is 10.2. The summed E-state index contributed by atoms with van der Waals surface area (Å²) in [5, 5.41) is 10.3. The molecule has 7 heteroatoms. The fraction of sp³-hybridized carbons (Fsp3) is 0.154. The van der Waals surface area contributed by atoms with Crippen LogP contribution in [0.15, 0.2) is 72.1 Å². The number of aryl methyl sites for hydroxylation is 2. The van der Waals surface area contributed by atoms with Gasteiger partial charge in [0.2, 0.25) is 5.88 Å². The van der Waals surface area contributed by atoms with Crippen molar-refractivity contribution < 1.29 is 19.0 Å². The molecule has 0 amide bonds. The Kier molecular flexibility index (Phi) is 6.25. The van der Waals surface area contributed by atoms with Crippen LogP contribution in [0.3, 0.4) is 0 Å². The third-order valence-corrected chi connectivity index (χ3v) is 5.62. The minimum absolute atomic E-state index is 0.00629. The van der Waals surface area contributed by atoms with Crippen LogP contribution in [0.2, 0.25) is 5.02 Å². The molecule has 0 fully saturated rings. The Morgan fingerprint density at radius 1 is 1.12 bits per heavy atom. The van der Waals surface area contributed by atoms with E-state index < -0.39 is 11.9 Å². The van der Waals surface area contributed by atoms with E-state index in [9.17, 15) is 10.1 Å². The van der Waals surface area contributed by atoms with Crippen molar-refractivity contribution in [3.63, 3.8) is 0 Å². The number of fused-ring (bicyclic) bond motifs is 1. The number of esters is 1. The van der Waals surface area contributed by atoms with E-state index in [1.807, 2.05) is 44.2 Å². The van der Waals surface area contributed by atoms with E-state index in [4.69, 9.17) is 31.5 Å². The highest BCUT2D eigenvalue weighted by molar-refractivity contribution is 6.30. The van der Waals surface area contributed by atoms with Crippen molar-refractivity contribution in [3.05, 3.63) is 99.4 Å². The highest BCUT2D eigenvalue weighted by Gasteiger charge is 2.31. The Balaban J connectivity index is 1.55. The van der Waals surface area contributed by atoms with Crippen LogP contribution in [0, 0.1) is 25.2 Å². The molecule has 3 aromatic rings. The van der Waals surface area contributed by atoms with Crippen LogP contribution in [0.4, 0.5) is 0 Å². The van der Waals surface area contributed by atoms with Crippen molar-refractivity contribution in [1.29, 1.82) is 5.26 Å². The Morgan fingerprint density at radius 2 is 1.82 bits per heavy atom. The van der Waals surface area contributed by atoms with E-state index in [2.05, 4.69) is 6.07 Å². The molecule has 0 aromatic heterocycles. The minimum atomic E-state index is -0.552. The molecule has 166 valence electrons. The molecule has 2 N–H and O–H groups in total. The molecule has 1 heterocycles. The van der Waals surface area contributed by atoms with Crippen LogP contribution in [0.5, 0.6) is 17.2 Å². The largest absolute Gasteiger partial charge is 0.481 e. The molecular weight excluding hydrogens is 440 g/mol. The quantitative estimate of drug-likeness (QED) is 0.417. The number of hydrogen-bond donors (Lipinski definition) is 1. The van der Waals surface area contributed by atoms with Gasteiger partial charge in [-0.3, -0.25) is 0 Å². The summed E-state index contributed by atoms with van der Waals surface area (Å²) in [4.78, 5) is 12.4. The summed E-state index contributed by atoms with van der Waals surface area (Å²) in [6.45, 7) is 3.59. The van der Waals surface area contributed by atoms with Gasteiger partial charge in [-0.15, -0.1) is 0 Å². The number of para-hydroxylation sites is 1. The predicted octanol–water partition coefficient (Wildman–Crippen LogP) is 5.16. The average molecular weight is 461 g/mol. The first kappa shape index (κ1) is 22.3. The lowest BCUT2D eigenvalue weighted by atomic mass is 9.83. The normalized spacial score (nSPS) is 14.7. The van der Waals surface area contributed by atoms with Gasteiger partial charge < -0.3 is 19.9 Å². The van der Waals surface area contributed by atoms with Crippen molar-refractivity contribution in [3.8, 4) is 23.3 Å². The van der Waals surface area contributed by atoms with Gasteiger partial charge in [0, 0.05) is 16.7 Å². The predicted molar refractivity (Wildman–Crippen MR) is 124 cm³/mol. The number of nitrogens with zero attached hydrogens (tertiary/aromatic N) is 1. The van der Waals surface area contributed by atoms with E-state index in [-0.39, 0.29) is 18.2 Å². The van der Waals surface area contributed by atoms with Gasteiger partial charge in [0.1, 0.15) is 28.9 Å². The zero-order valence-electron chi connectivity index (χ0n) is 18.1. The number of allylic oxidation sites excluding steroid dienone is 1. The lowest BCUT2D eigenvalue weighted by Gasteiger charge is -2.26. The topological polar surface area (TPSA) is 94.6 Å². The standard InChI is InChI=1S/C26H21ClN2O4/c1-15-4-3-5-16(2)25(15)31-14-23(30)32-19-10-11-20-22(12-19)33-26(29)21(13-28)24(20)17-6-8-18(27)9-7-17/h3-12,24H,14,29H2,1-2H3. The van der Waals surface area contributed by atoms with Crippen LogP contribution in [-0.4, -0.2) is 12.6 Å². The van der Waals surface area contributed by atoms with E-state index in [1.54, 1.807) is 30.3 Å². The molecule has 0 spiro atoms. The van der Waals surface area contributed by atoms with Gasteiger partial charge >= 0.3 is 5.97 Å². The molecule has 3 aromatic carbocycles. The maximum Gasteiger partial charge on any atom is 0.349 e. The summed E-state index contributed by atoms with van der Waals surface area (Å²) in [7, 11) is 0. The van der Waals surface area contributed by atoms with E-state index in [0.717, 1.165) is 22.3 Å². The zero-order chi connectivity index (χ0) is 23.5. The van der Waals surface area contributed by atoms with Gasteiger partial charge in [-0.1, -0.05) is 48.0 Å². The lowest BCUT2D eigenvalue weighted by Crippen LogP contribution is -2.21. The highest BCUT2D eigenvalue weighted by atomic mass is 35.5. The second-order valence-electron chi connectivity index (χ2n) is 7.66. The molecule has 1 unspecified atom stereocenters. The maximum absolute atomic E-state index is 12.4. The van der Waals surface area contributed by atoms with E-state index in [1.165, 1.54) is 0 Å². The number of carbonyl (C=O) groups excluding carboxylic acids is 1. The third kappa shape index (κ3) is 4.64. The van der Waals surface area contributed by atoms with Gasteiger partial charge in [-0.05, 0) is 48.7 Å². The number of carbonyl (C=O) groups is 1. The Labute approximate surface area is 196 Å². The molecule has 0 radical (unpaired) electrons. The Morgan fingerprint density at radius 3 is 2.48 bits per heavy atom. The molecule has 4 rings (SSSR count). The van der Waals surface area contributed by atoms with Crippen molar-refractivity contribution in [2.24, 2.45) is 5.73 Å². The summed E-state index contributed by atoms with van der Waals surface area (Å²) in [6, 6.07) is 20.1. The first-order valence-corrected chi connectivity index (χ1v) is 10.6. The fourth-order valence-corrected chi connectivity index (χ4v) is 3.94. The fourth-order valence-electron chi connectivity index (χ4n) is 3.82. The summed E-state index contributed by atoms with van der Waals surface area (Å²) >= 11 is 6.02. The van der Waals surface area contributed by atoms with Crippen LogP contribution in [0.25, 0.3) is 0 Å². The van der Waals surface area contributed by atoms with Gasteiger partial charge in [0.15, 0.2) is 6.61 Å². The SMILES string of the molecule is Cc1cccc(C)c1OCC(=O)Oc1ccc2c(c1)OC(N)=C(C#N)C2c1ccc(Cl)cc1. The van der Waals surface area contributed by atoms with Crippen molar-refractivity contribution >= 4 is 17.6 Å². The molecular formula is C26H21ClN2O4. The zero-order valence-corrected chi connectivity index (χ0v) is 18.8. The summed E-state index contributed by atoms with van der Waals surface area (Å²) < 4.78 is 16.8. The molecule has 0 saturated heterocycles. The summed E-state index contributed by atoms with van der Waals surface area (Å²) in [5.41, 5.74) is 9.79. The Bertz CT molecular complexity index is 1270. The van der Waals surface area contributed by atoms with Crippen molar-refractivity contribution in [2.75, 3.05) is 6.61 Å². The number of ether oxygens (including phenoxy) is 3. The number of nitrogens with two attached hydrogens (primary N) is 1. The first-order chi connectivity index (χ1) is 15.9. The average Bonchev–Trinajstić information content (AvgIpc) is 2.78. The molecule has 1 atom stereocenters. The highest BCUT2D eigenvalue weighted by Crippen LogP contribution is 2.43. The van der Waals surface area contributed by atoms with E-state index >= 15 is 0 Å². The summed E-state index contributed by atoms with van der Waals surface area (Å²) in [5.74, 6) is 0.388. The second kappa shape index (κ2) is 9.27. The molecule has 0 aliphatic carbocycles. The molecule has 0 bridgehead atoms. The molecule has 6 nitrogen and oxygen atoms in total.